The minimum atomic E-state index is -0.605. The molecule has 27 heavy (non-hydrogen) atoms. The van der Waals surface area contributed by atoms with Crippen LogP contribution in [-0.4, -0.2) is 27.9 Å². The normalized spacial score (nSPS) is 22.4. The Labute approximate surface area is 159 Å². The average Bonchev–Trinajstić information content (AvgIpc) is 2.92. The van der Waals surface area contributed by atoms with Crippen molar-refractivity contribution in [1.29, 1.82) is 0 Å². The number of aliphatic hydroxyl groups excluding tert-OH is 1. The standard InChI is InChI=1S/C22H26FNO3/c1-14-19-4-2-3-5-20(19)22(15-6-8-16(23)9-7-15)24(14)11-10-18-12-17(25)13-21(26)27-18/h6-9,17-18,25H,2-5,10-13H2,1H3. The van der Waals surface area contributed by atoms with Gasteiger partial charge in [0, 0.05) is 25.1 Å². The molecule has 1 fully saturated rings. The van der Waals surface area contributed by atoms with Crippen molar-refractivity contribution in [1.82, 2.24) is 4.57 Å². The summed E-state index contributed by atoms with van der Waals surface area (Å²) in [5.74, 6) is -0.549. The van der Waals surface area contributed by atoms with Gasteiger partial charge in [-0.15, -0.1) is 0 Å². The van der Waals surface area contributed by atoms with Gasteiger partial charge in [-0.05, 0) is 73.6 Å². The predicted molar refractivity (Wildman–Crippen MR) is 101 cm³/mol. The molecule has 1 saturated heterocycles. The van der Waals surface area contributed by atoms with Crippen LogP contribution in [-0.2, 0) is 28.9 Å². The monoisotopic (exact) mass is 371 g/mol. The minimum absolute atomic E-state index is 0.0914. The van der Waals surface area contributed by atoms with Crippen LogP contribution in [0.25, 0.3) is 11.3 Å². The van der Waals surface area contributed by atoms with E-state index >= 15 is 0 Å². The molecule has 1 aromatic heterocycles. The molecule has 2 aliphatic rings. The van der Waals surface area contributed by atoms with E-state index in [1.807, 2.05) is 12.1 Å². The van der Waals surface area contributed by atoms with E-state index < -0.39 is 6.10 Å². The van der Waals surface area contributed by atoms with Crippen LogP contribution in [0, 0.1) is 12.7 Å². The maximum atomic E-state index is 13.4. The molecule has 5 heteroatoms. The van der Waals surface area contributed by atoms with E-state index in [9.17, 15) is 14.3 Å². The third-order valence-corrected chi connectivity index (χ3v) is 5.89. The fraction of sp³-hybridized carbons (Fsp3) is 0.500. The molecule has 1 aliphatic heterocycles. The number of carbonyl (C=O) groups excluding carboxylic acids is 1. The first-order valence-corrected chi connectivity index (χ1v) is 9.87. The number of nitrogens with zero attached hydrogens (tertiary/aromatic N) is 1. The zero-order chi connectivity index (χ0) is 19.0. The van der Waals surface area contributed by atoms with Gasteiger partial charge in [-0.3, -0.25) is 4.79 Å². The number of hydrogen-bond acceptors (Lipinski definition) is 3. The summed E-state index contributed by atoms with van der Waals surface area (Å²) < 4.78 is 21.2. The first-order chi connectivity index (χ1) is 13.0. The third kappa shape index (κ3) is 3.65. The summed E-state index contributed by atoms with van der Waals surface area (Å²) in [5.41, 5.74) is 6.26. The Morgan fingerprint density at radius 1 is 1.19 bits per heavy atom. The molecule has 0 radical (unpaired) electrons. The highest BCUT2D eigenvalue weighted by Gasteiger charge is 2.28. The minimum Gasteiger partial charge on any atom is -0.462 e. The van der Waals surface area contributed by atoms with Gasteiger partial charge < -0.3 is 14.4 Å². The molecule has 144 valence electrons. The van der Waals surface area contributed by atoms with Crippen molar-refractivity contribution in [3.05, 3.63) is 46.9 Å². The van der Waals surface area contributed by atoms with E-state index in [1.165, 1.54) is 47.5 Å². The fourth-order valence-electron chi connectivity index (χ4n) is 4.59. The van der Waals surface area contributed by atoms with Crippen LogP contribution < -0.4 is 0 Å². The largest absolute Gasteiger partial charge is 0.462 e. The second-order valence-electron chi connectivity index (χ2n) is 7.75. The van der Waals surface area contributed by atoms with Crippen molar-refractivity contribution in [3.63, 3.8) is 0 Å². The van der Waals surface area contributed by atoms with Crippen molar-refractivity contribution in [2.45, 2.75) is 70.6 Å². The van der Waals surface area contributed by atoms with E-state index in [4.69, 9.17) is 4.74 Å². The Morgan fingerprint density at radius 3 is 2.59 bits per heavy atom. The Balaban J connectivity index is 1.66. The maximum absolute atomic E-state index is 13.4. The van der Waals surface area contributed by atoms with Crippen molar-refractivity contribution >= 4 is 5.97 Å². The molecule has 2 heterocycles. The topological polar surface area (TPSA) is 51.5 Å². The summed E-state index contributed by atoms with van der Waals surface area (Å²) in [5, 5.41) is 9.85. The van der Waals surface area contributed by atoms with Crippen LogP contribution in [0.2, 0.25) is 0 Å². The number of cyclic esters (lactones) is 1. The van der Waals surface area contributed by atoms with Gasteiger partial charge in [-0.25, -0.2) is 4.39 Å². The molecule has 0 bridgehead atoms. The maximum Gasteiger partial charge on any atom is 0.308 e. The van der Waals surface area contributed by atoms with Crippen molar-refractivity contribution in [2.24, 2.45) is 0 Å². The number of aliphatic hydroxyl groups is 1. The van der Waals surface area contributed by atoms with Crippen molar-refractivity contribution in [3.8, 4) is 11.3 Å². The highest BCUT2D eigenvalue weighted by molar-refractivity contribution is 5.71. The van der Waals surface area contributed by atoms with E-state index in [0.29, 0.717) is 12.8 Å². The highest BCUT2D eigenvalue weighted by Crippen LogP contribution is 2.37. The number of esters is 1. The first-order valence-electron chi connectivity index (χ1n) is 9.87. The summed E-state index contributed by atoms with van der Waals surface area (Å²) in [6.07, 6.45) is 4.92. The van der Waals surface area contributed by atoms with Crippen molar-refractivity contribution < 1.29 is 19.0 Å². The molecule has 1 aliphatic carbocycles. The molecule has 0 amide bonds. The Hall–Kier alpha value is -2.14. The number of fused-ring (bicyclic) bond motifs is 1. The fourth-order valence-corrected chi connectivity index (χ4v) is 4.59. The highest BCUT2D eigenvalue weighted by atomic mass is 19.1. The molecule has 2 atom stereocenters. The van der Waals surface area contributed by atoms with Gasteiger partial charge in [0.15, 0.2) is 0 Å². The summed E-state index contributed by atoms with van der Waals surface area (Å²) >= 11 is 0. The molecule has 4 nitrogen and oxygen atoms in total. The molecule has 1 N–H and O–H groups in total. The quantitative estimate of drug-likeness (QED) is 0.829. The summed E-state index contributed by atoms with van der Waals surface area (Å²) in [7, 11) is 0. The molecule has 0 spiro atoms. The van der Waals surface area contributed by atoms with Crippen LogP contribution in [0.3, 0.4) is 0 Å². The number of halogens is 1. The Kier molecular flexibility index (Phi) is 5.04. The van der Waals surface area contributed by atoms with Crippen LogP contribution in [0.1, 0.15) is 48.9 Å². The lowest BCUT2D eigenvalue weighted by Gasteiger charge is -2.26. The van der Waals surface area contributed by atoms with E-state index in [0.717, 1.165) is 24.9 Å². The van der Waals surface area contributed by atoms with Gasteiger partial charge >= 0.3 is 5.97 Å². The van der Waals surface area contributed by atoms with Gasteiger partial charge in [0.1, 0.15) is 11.9 Å². The first kappa shape index (κ1) is 18.2. The average molecular weight is 371 g/mol. The molecule has 4 rings (SSSR count). The number of carbonyl (C=O) groups is 1. The third-order valence-electron chi connectivity index (χ3n) is 5.89. The van der Waals surface area contributed by atoms with E-state index in [1.54, 1.807) is 0 Å². The van der Waals surface area contributed by atoms with Gasteiger partial charge in [0.05, 0.1) is 18.2 Å². The zero-order valence-corrected chi connectivity index (χ0v) is 15.7. The van der Waals surface area contributed by atoms with Gasteiger partial charge in [0.2, 0.25) is 0 Å². The number of benzene rings is 1. The lowest BCUT2D eigenvalue weighted by molar-refractivity contribution is -0.160. The van der Waals surface area contributed by atoms with Gasteiger partial charge in [-0.1, -0.05) is 0 Å². The van der Waals surface area contributed by atoms with Crippen LogP contribution in [0.4, 0.5) is 4.39 Å². The van der Waals surface area contributed by atoms with Crippen LogP contribution in [0.15, 0.2) is 24.3 Å². The number of rotatable bonds is 4. The lowest BCUT2D eigenvalue weighted by Crippen LogP contribution is -2.33. The van der Waals surface area contributed by atoms with E-state index in [-0.39, 0.29) is 24.3 Å². The SMILES string of the molecule is Cc1c2c(c(-c3ccc(F)cc3)n1CCC1CC(O)CC(=O)O1)CCCC2. The smallest absolute Gasteiger partial charge is 0.308 e. The van der Waals surface area contributed by atoms with Gasteiger partial charge in [0.25, 0.3) is 0 Å². The van der Waals surface area contributed by atoms with Gasteiger partial charge in [-0.2, -0.15) is 0 Å². The second-order valence-corrected chi connectivity index (χ2v) is 7.75. The number of aromatic nitrogens is 1. The number of ether oxygens (including phenoxy) is 1. The molecule has 2 unspecified atom stereocenters. The molecular weight excluding hydrogens is 345 g/mol. The Morgan fingerprint density at radius 2 is 1.89 bits per heavy atom. The zero-order valence-electron chi connectivity index (χ0n) is 15.7. The lowest BCUT2D eigenvalue weighted by atomic mass is 9.91. The molecule has 1 aromatic carbocycles. The Bertz CT molecular complexity index is 840. The molecular formula is C22H26FNO3. The van der Waals surface area contributed by atoms with Crippen LogP contribution >= 0.6 is 0 Å². The summed E-state index contributed by atoms with van der Waals surface area (Å²) in [6, 6.07) is 6.72. The summed E-state index contributed by atoms with van der Waals surface area (Å²) in [6.45, 7) is 2.87. The second kappa shape index (κ2) is 7.47. The molecule has 0 saturated carbocycles. The predicted octanol–water partition coefficient (Wildman–Crippen LogP) is 3.94. The summed E-state index contributed by atoms with van der Waals surface area (Å²) in [4.78, 5) is 11.6. The van der Waals surface area contributed by atoms with E-state index in [2.05, 4.69) is 11.5 Å². The van der Waals surface area contributed by atoms with Crippen LogP contribution in [0.5, 0.6) is 0 Å². The van der Waals surface area contributed by atoms with Crippen molar-refractivity contribution in [2.75, 3.05) is 0 Å². The molecule has 2 aromatic rings. The number of hydrogen-bond donors (Lipinski definition) is 1.